The summed E-state index contributed by atoms with van der Waals surface area (Å²) in [5.41, 5.74) is 0.376. The Morgan fingerprint density at radius 1 is 1.25 bits per heavy atom. The lowest BCUT2D eigenvalue weighted by atomic mass is 9.82. The molecule has 2 N–H and O–H groups in total. The Labute approximate surface area is 128 Å². The minimum absolute atomic E-state index is 0.0224. The smallest absolute Gasteiger partial charge is 0.230 e. The van der Waals surface area contributed by atoms with Crippen molar-refractivity contribution >= 4 is 21.8 Å². The van der Waals surface area contributed by atoms with E-state index < -0.39 is 11.5 Å². The molecule has 20 heavy (non-hydrogen) atoms. The number of nitrogens with one attached hydrogen (secondary N) is 1. The summed E-state index contributed by atoms with van der Waals surface area (Å²) >= 11 is 3.40. The second kappa shape index (κ2) is 6.27. The Morgan fingerprint density at radius 3 is 2.45 bits per heavy atom. The van der Waals surface area contributed by atoms with Gasteiger partial charge >= 0.3 is 0 Å². The van der Waals surface area contributed by atoms with Crippen LogP contribution >= 0.6 is 15.9 Å². The van der Waals surface area contributed by atoms with Gasteiger partial charge in [-0.15, -0.1) is 0 Å². The molecule has 1 saturated carbocycles. The molecular formula is C16H22BrNO2. The number of aliphatic hydroxyl groups is 1. The third-order valence-corrected chi connectivity index (χ3v) is 4.71. The predicted octanol–water partition coefficient (Wildman–Crippen LogP) is 3.15. The molecule has 2 atom stereocenters. The monoisotopic (exact) mass is 339 g/mol. The fraction of sp³-hybridized carbons (Fsp3) is 0.562. The minimum atomic E-state index is -0.599. The number of carbonyl (C=O) groups excluding carboxylic acids is 1. The van der Waals surface area contributed by atoms with Gasteiger partial charge in [0.1, 0.15) is 0 Å². The van der Waals surface area contributed by atoms with E-state index in [1.807, 2.05) is 38.1 Å². The van der Waals surface area contributed by atoms with Gasteiger partial charge < -0.3 is 10.4 Å². The van der Waals surface area contributed by atoms with Gasteiger partial charge in [0.25, 0.3) is 0 Å². The highest BCUT2D eigenvalue weighted by Gasteiger charge is 2.33. The van der Waals surface area contributed by atoms with E-state index in [1.54, 1.807) is 0 Å². The number of halogens is 1. The average molecular weight is 340 g/mol. The highest BCUT2D eigenvalue weighted by Crippen LogP contribution is 2.26. The Hall–Kier alpha value is -0.870. The van der Waals surface area contributed by atoms with Crippen LogP contribution in [-0.2, 0) is 10.2 Å². The van der Waals surface area contributed by atoms with Crippen LogP contribution in [0, 0.1) is 0 Å². The number of hydrogen-bond acceptors (Lipinski definition) is 2. The molecule has 110 valence electrons. The van der Waals surface area contributed by atoms with Gasteiger partial charge in [0, 0.05) is 4.47 Å². The van der Waals surface area contributed by atoms with Gasteiger partial charge in [0.15, 0.2) is 0 Å². The molecule has 0 heterocycles. The fourth-order valence-corrected chi connectivity index (χ4v) is 2.89. The molecular weight excluding hydrogens is 318 g/mol. The number of carbonyl (C=O) groups is 1. The number of benzene rings is 1. The van der Waals surface area contributed by atoms with Crippen molar-refractivity contribution in [2.75, 3.05) is 0 Å². The molecule has 0 saturated heterocycles. The normalized spacial score (nSPS) is 23.4. The van der Waals surface area contributed by atoms with Gasteiger partial charge in [-0.25, -0.2) is 0 Å². The maximum absolute atomic E-state index is 12.5. The molecule has 4 heteroatoms. The molecule has 0 aromatic heterocycles. The first-order valence-electron chi connectivity index (χ1n) is 7.16. The summed E-state index contributed by atoms with van der Waals surface area (Å²) in [6.45, 7) is 3.83. The first-order valence-corrected chi connectivity index (χ1v) is 7.95. The quantitative estimate of drug-likeness (QED) is 0.888. The summed E-state index contributed by atoms with van der Waals surface area (Å²) in [6.07, 6.45) is 3.35. The van der Waals surface area contributed by atoms with Crippen LogP contribution in [0.1, 0.15) is 45.1 Å². The van der Waals surface area contributed by atoms with Crippen molar-refractivity contribution in [1.82, 2.24) is 5.32 Å². The molecule has 1 aromatic carbocycles. The molecule has 0 spiro atoms. The van der Waals surface area contributed by atoms with Crippen LogP contribution in [0.5, 0.6) is 0 Å². The molecule has 1 aliphatic rings. The maximum Gasteiger partial charge on any atom is 0.230 e. The third-order valence-electron chi connectivity index (χ3n) is 4.18. The zero-order valence-corrected chi connectivity index (χ0v) is 13.6. The molecule has 0 aliphatic heterocycles. The minimum Gasteiger partial charge on any atom is -0.391 e. The van der Waals surface area contributed by atoms with E-state index in [1.165, 1.54) is 0 Å². The number of amides is 1. The molecule has 1 fully saturated rings. The lowest BCUT2D eigenvalue weighted by molar-refractivity contribution is -0.127. The molecule has 1 aromatic rings. The molecule has 3 nitrogen and oxygen atoms in total. The lowest BCUT2D eigenvalue weighted by Gasteiger charge is -2.32. The van der Waals surface area contributed by atoms with Gasteiger partial charge in [-0.3, -0.25) is 4.79 Å². The maximum atomic E-state index is 12.5. The highest BCUT2D eigenvalue weighted by atomic mass is 79.9. The summed E-state index contributed by atoms with van der Waals surface area (Å²) in [5.74, 6) is -0.0224. The van der Waals surface area contributed by atoms with E-state index >= 15 is 0 Å². The summed E-state index contributed by atoms with van der Waals surface area (Å²) in [6, 6.07) is 7.70. The second-order valence-corrected chi connectivity index (χ2v) is 6.98. The first kappa shape index (κ1) is 15.5. The largest absolute Gasteiger partial charge is 0.391 e. The van der Waals surface area contributed by atoms with Crippen molar-refractivity contribution in [3.05, 3.63) is 34.3 Å². The van der Waals surface area contributed by atoms with Crippen LogP contribution in [0.25, 0.3) is 0 Å². The van der Waals surface area contributed by atoms with Crippen molar-refractivity contribution < 1.29 is 9.90 Å². The lowest BCUT2D eigenvalue weighted by Crippen LogP contribution is -2.50. The van der Waals surface area contributed by atoms with Crippen molar-refractivity contribution in [1.29, 1.82) is 0 Å². The Kier molecular flexibility index (Phi) is 4.86. The number of hydrogen-bond donors (Lipinski definition) is 2. The van der Waals surface area contributed by atoms with Crippen LogP contribution in [0.15, 0.2) is 28.7 Å². The number of rotatable bonds is 3. The van der Waals surface area contributed by atoms with E-state index in [4.69, 9.17) is 0 Å². The molecule has 2 rings (SSSR count). The van der Waals surface area contributed by atoms with E-state index in [2.05, 4.69) is 21.2 Å². The molecule has 1 amide bonds. The summed E-state index contributed by atoms with van der Waals surface area (Å²) in [5, 5.41) is 13.0. The van der Waals surface area contributed by atoms with Gasteiger partial charge in [0.05, 0.1) is 17.6 Å². The molecule has 0 bridgehead atoms. The van der Waals surface area contributed by atoms with Gasteiger partial charge in [0.2, 0.25) is 5.91 Å². The third kappa shape index (κ3) is 3.41. The van der Waals surface area contributed by atoms with Crippen LogP contribution in [0.3, 0.4) is 0 Å². The van der Waals surface area contributed by atoms with Crippen molar-refractivity contribution in [2.24, 2.45) is 0 Å². The van der Waals surface area contributed by atoms with Crippen LogP contribution in [-0.4, -0.2) is 23.2 Å². The van der Waals surface area contributed by atoms with Crippen LogP contribution in [0.4, 0.5) is 0 Å². The van der Waals surface area contributed by atoms with Gasteiger partial charge in [-0.1, -0.05) is 40.9 Å². The van der Waals surface area contributed by atoms with E-state index in [0.29, 0.717) is 0 Å². The predicted molar refractivity (Wildman–Crippen MR) is 83.6 cm³/mol. The van der Waals surface area contributed by atoms with Crippen molar-refractivity contribution in [3.63, 3.8) is 0 Å². The fourth-order valence-electron chi connectivity index (χ4n) is 2.63. The van der Waals surface area contributed by atoms with Gasteiger partial charge in [-0.2, -0.15) is 0 Å². The Bertz CT molecular complexity index is 470. The highest BCUT2D eigenvalue weighted by molar-refractivity contribution is 9.10. The second-order valence-electron chi connectivity index (χ2n) is 6.06. The SMILES string of the molecule is CC(C)(C(=O)NC1CCCCC1O)c1ccc(Br)cc1. The number of aliphatic hydroxyl groups excluding tert-OH is 1. The van der Waals surface area contributed by atoms with Gasteiger partial charge in [-0.05, 0) is 44.4 Å². The Balaban J connectivity index is 2.08. The zero-order valence-electron chi connectivity index (χ0n) is 12.0. The van der Waals surface area contributed by atoms with Crippen LogP contribution < -0.4 is 5.32 Å². The summed E-state index contributed by atoms with van der Waals surface area (Å²) in [7, 11) is 0. The Morgan fingerprint density at radius 2 is 1.85 bits per heavy atom. The molecule has 0 radical (unpaired) electrons. The van der Waals surface area contributed by atoms with Crippen molar-refractivity contribution in [3.8, 4) is 0 Å². The topological polar surface area (TPSA) is 49.3 Å². The summed E-state index contributed by atoms with van der Waals surface area (Å²) in [4.78, 5) is 12.5. The standard InChI is InChI=1S/C16H22BrNO2/c1-16(2,11-7-9-12(17)10-8-11)15(20)18-13-5-3-4-6-14(13)19/h7-10,13-14,19H,3-6H2,1-2H3,(H,18,20). The summed E-state index contributed by atoms with van der Waals surface area (Å²) < 4.78 is 1.00. The zero-order chi connectivity index (χ0) is 14.8. The molecule has 2 unspecified atom stereocenters. The van der Waals surface area contributed by atoms with E-state index in [9.17, 15) is 9.90 Å². The van der Waals surface area contributed by atoms with E-state index in [-0.39, 0.29) is 11.9 Å². The van der Waals surface area contributed by atoms with Crippen molar-refractivity contribution in [2.45, 2.75) is 57.1 Å². The average Bonchev–Trinajstić information content (AvgIpc) is 2.41. The molecule has 1 aliphatic carbocycles. The van der Waals surface area contributed by atoms with E-state index in [0.717, 1.165) is 35.7 Å². The van der Waals surface area contributed by atoms with Crippen LogP contribution in [0.2, 0.25) is 0 Å². The first-order chi connectivity index (χ1) is 9.41.